The molecule has 0 unspecified atom stereocenters. The van der Waals surface area contributed by atoms with Crippen molar-refractivity contribution >= 4 is 43.7 Å². The van der Waals surface area contributed by atoms with Crippen molar-refractivity contribution in [2.24, 2.45) is 0 Å². The lowest BCUT2D eigenvalue weighted by atomic mass is 9.92. The lowest BCUT2D eigenvalue weighted by Gasteiger charge is -2.27. The molecule has 2 aromatic carbocycles. The summed E-state index contributed by atoms with van der Waals surface area (Å²) >= 11 is 7.27. The number of halogens is 2. The van der Waals surface area contributed by atoms with Gasteiger partial charge in [0.15, 0.2) is 0 Å². The predicted octanol–water partition coefficient (Wildman–Crippen LogP) is 5.32. The van der Waals surface area contributed by atoms with Crippen LogP contribution in [0.15, 0.2) is 57.5 Å². The molecule has 52 heavy (non-hydrogen) atoms. The summed E-state index contributed by atoms with van der Waals surface area (Å²) in [5.41, 5.74) is 8.20. The number of carbonyl (C=O) groups excluding carboxylic acids is 2. The second-order valence-corrected chi connectivity index (χ2v) is 14.5. The number of aromatic nitrogens is 2. The normalized spacial score (nSPS) is 15.2. The number of carbonyl (C=O) groups is 2. The maximum Gasteiger partial charge on any atom is 0.234 e. The molecule has 2 aliphatic heterocycles. The van der Waals surface area contributed by atoms with E-state index in [1.165, 1.54) is 0 Å². The van der Waals surface area contributed by atoms with Crippen LogP contribution in [0.3, 0.4) is 0 Å². The number of pyridine rings is 2. The molecule has 2 amide bonds. The van der Waals surface area contributed by atoms with E-state index in [9.17, 15) is 9.59 Å². The molecule has 0 spiro atoms. The van der Waals surface area contributed by atoms with E-state index in [-0.39, 0.29) is 11.8 Å². The van der Waals surface area contributed by atoms with Gasteiger partial charge in [-0.05, 0) is 91.2 Å². The first-order chi connectivity index (χ1) is 25.1. The van der Waals surface area contributed by atoms with Gasteiger partial charge < -0.3 is 29.6 Å². The molecule has 0 radical (unpaired) electrons. The summed E-state index contributed by atoms with van der Waals surface area (Å²) in [5.74, 6) is 1.82. The molecule has 0 atom stereocenters. The van der Waals surface area contributed by atoms with Crippen LogP contribution in [0.4, 0.5) is 0 Å². The van der Waals surface area contributed by atoms with Gasteiger partial charge in [0.1, 0.15) is 13.2 Å². The average molecular weight is 839 g/mol. The smallest absolute Gasteiger partial charge is 0.234 e. The minimum absolute atomic E-state index is 0.0148. The van der Waals surface area contributed by atoms with Crippen molar-refractivity contribution in [2.75, 3.05) is 53.5 Å². The Morgan fingerprint density at radius 1 is 0.654 bits per heavy atom. The van der Waals surface area contributed by atoms with E-state index < -0.39 is 0 Å². The zero-order valence-electron chi connectivity index (χ0n) is 29.7. The van der Waals surface area contributed by atoms with Crippen molar-refractivity contribution in [1.29, 1.82) is 0 Å². The van der Waals surface area contributed by atoms with E-state index in [2.05, 4.69) is 100 Å². The van der Waals surface area contributed by atoms with Gasteiger partial charge in [-0.1, -0.05) is 36.4 Å². The Balaban J connectivity index is 1.14. The van der Waals surface area contributed by atoms with Gasteiger partial charge in [0, 0.05) is 50.4 Å². The van der Waals surface area contributed by atoms with E-state index >= 15 is 0 Å². The van der Waals surface area contributed by atoms with E-state index in [0.717, 1.165) is 57.6 Å². The fourth-order valence-corrected chi connectivity index (χ4v) is 7.42. The lowest BCUT2D eigenvalue weighted by molar-refractivity contribution is -0.125. The Morgan fingerprint density at radius 2 is 1.08 bits per heavy atom. The molecule has 0 saturated carbocycles. The van der Waals surface area contributed by atoms with Gasteiger partial charge in [-0.3, -0.25) is 19.4 Å². The molecule has 2 aromatic heterocycles. The second-order valence-electron chi connectivity index (χ2n) is 12.8. The van der Waals surface area contributed by atoms with Crippen molar-refractivity contribution in [3.63, 3.8) is 0 Å². The summed E-state index contributed by atoms with van der Waals surface area (Å²) in [4.78, 5) is 37.2. The number of piperazine rings is 2. The summed E-state index contributed by atoms with van der Waals surface area (Å²) in [7, 11) is 3.17. The monoisotopic (exact) mass is 836 g/mol. The number of ether oxygens (including phenoxy) is 4. The highest BCUT2D eigenvalue weighted by Crippen LogP contribution is 2.35. The van der Waals surface area contributed by atoms with Gasteiger partial charge in [-0.15, -0.1) is 0 Å². The van der Waals surface area contributed by atoms with Crippen LogP contribution in [0, 0.1) is 13.8 Å². The molecule has 4 heterocycles. The first-order valence-electron chi connectivity index (χ1n) is 17.0. The van der Waals surface area contributed by atoms with Crippen molar-refractivity contribution in [3.8, 4) is 34.6 Å². The third kappa shape index (κ3) is 8.85. The van der Waals surface area contributed by atoms with Crippen LogP contribution in [-0.4, -0.2) is 85.1 Å². The van der Waals surface area contributed by atoms with Crippen molar-refractivity contribution in [1.82, 2.24) is 30.4 Å². The lowest BCUT2D eigenvalue weighted by Crippen LogP contribution is -2.47. The molecule has 2 N–H and O–H groups in total. The number of benzene rings is 2. The number of methoxy groups -OCH3 is 2. The number of rotatable bonds is 13. The summed E-state index contributed by atoms with van der Waals surface area (Å²) in [6.45, 7) is 9.35. The van der Waals surface area contributed by atoms with Crippen LogP contribution < -0.4 is 29.6 Å². The summed E-state index contributed by atoms with van der Waals surface area (Å²) in [6, 6.07) is 16.3. The molecular weight excluding hydrogens is 796 g/mol. The topological polar surface area (TPSA) is 127 Å². The van der Waals surface area contributed by atoms with Gasteiger partial charge in [0.25, 0.3) is 0 Å². The maximum absolute atomic E-state index is 11.9. The number of nitrogens with zero attached hydrogens (tertiary/aromatic N) is 4. The number of hydrogen-bond acceptors (Lipinski definition) is 10. The van der Waals surface area contributed by atoms with Crippen LogP contribution in [0.1, 0.15) is 33.4 Å². The summed E-state index contributed by atoms with van der Waals surface area (Å²) in [6.07, 6.45) is 0. The molecule has 4 aromatic rings. The van der Waals surface area contributed by atoms with Gasteiger partial charge in [-0.25, -0.2) is 0 Å². The number of nitrogens with one attached hydrogen (secondary N) is 2. The highest BCUT2D eigenvalue weighted by Gasteiger charge is 2.22. The standard InChI is InChI=1S/C38H42Br2N6O6/c1-23-25(21-51-37-31(39)15-27(35(43-37)49-3)17-45-13-11-41-33(47)19-45)7-5-9-29(23)30-10-6-8-26(24(30)2)22-52-38-32(40)16-28(36(44-38)50-4)18-46-14-12-42-34(48)20-46/h5-10,15-16H,11-14,17-22H2,1-4H3,(H,41,47)(H,42,48). The largest absolute Gasteiger partial charge is 0.481 e. The van der Waals surface area contributed by atoms with E-state index in [4.69, 9.17) is 18.9 Å². The molecule has 14 heteroatoms. The SMILES string of the molecule is COc1nc(OCc2cccc(-c3cccc(COc4nc(OC)c(CN5CCNC(=O)C5)cc4Br)c3C)c2C)c(Br)cc1CN1CCNC(=O)C1. The van der Waals surface area contributed by atoms with Crippen LogP contribution in [0.5, 0.6) is 23.5 Å². The zero-order valence-corrected chi connectivity index (χ0v) is 32.9. The Labute approximate surface area is 320 Å². The van der Waals surface area contributed by atoms with Crippen LogP contribution >= 0.6 is 31.9 Å². The van der Waals surface area contributed by atoms with Gasteiger partial charge in [0.05, 0.1) is 36.3 Å². The average Bonchev–Trinajstić information content (AvgIpc) is 3.12. The van der Waals surface area contributed by atoms with E-state index in [1.54, 1.807) is 14.2 Å². The number of amides is 2. The van der Waals surface area contributed by atoms with E-state index in [0.29, 0.717) is 84.9 Å². The maximum atomic E-state index is 11.9. The van der Waals surface area contributed by atoms with Gasteiger partial charge >= 0.3 is 0 Å². The summed E-state index contributed by atoms with van der Waals surface area (Å²) < 4.78 is 25.2. The first kappa shape index (κ1) is 37.5. The Morgan fingerprint density at radius 3 is 1.46 bits per heavy atom. The molecule has 274 valence electrons. The molecule has 2 saturated heterocycles. The molecule has 0 aliphatic carbocycles. The minimum atomic E-state index is 0.0148. The first-order valence-corrected chi connectivity index (χ1v) is 18.6. The second kappa shape index (κ2) is 17.1. The van der Waals surface area contributed by atoms with Crippen molar-refractivity contribution in [2.45, 2.75) is 40.2 Å². The molecule has 0 bridgehead atoms. The fraction of sp³-hybridized carbons (Fsp3) is 0.368. The summed E-state index contributed by atoms with van der Waals surface area (Å²) in [5, 5.41) is 5.71. The van der Waals surface area contributed by atoms with Crippen LogP contribution in [0.2, 0.25) is 0 Å². The highest BCUT2D eigenvalue weighted by atomic mass is 79.9. The quantitative estimate of drug-likeness (QED) is 0.183. The predicted molar refractivity (Wildman–Crippen MR) is 204 cm³/mol. The highest BCUT2D eigenvalue weighted by molar-refractivity contribution is 9.10. The third-order valence-corrected chi connectivity index (χ3v) is 10.4. The number of hydrogen-bond donors (Lipinski definition) is 2. The fourth-order valence-electron chi connectivity index (χ4n) is 6.46. The van der Waals surface area contributed by atoms with Crippen molar-refractivity contribution < 1.29 is 28.5 Å². The third-order valence-electron chi connectivity index (χ3n) is 9.29. The van der Waals surface area contributed by atoms with Crippen LogP contribution in [-0.2, 0) is 35.9 Å². The zero-order chi connectivity index (χ0) is 36.8. The minimum Gasteiger partial charge on any atom is -0.481 e. The Kier molecular flexibility index (Phi) is 12.3. The Bertz CT molecular complexity index is 1820. The van der Waals surface area contributed by atoms with Crippen LogP contribution in [0.25, 0.3) is 11.1 Å². The molecule has 2 fully saturated rings. The molecule has 2 aliphatic rings. The van der Waals surface area contributed by atoms with Crippen molar-refractivity contribution in [3.05, 3.63) is 90.9 Å². The van der Waals surface area contributed by atoms with E-state index in [1.807, 2.05) is 24.3 Å². The van der Waals surface area contributed by atoms with Gasteiger partial charge in [-0.2, -0.15) is 9.97 Å². The van der Waals surface area contributed by atoms with Gasteiger partial charge in [0.2, 0.25) is 35.3 Å². The molecular formula is C38H42Br2N6O6. The molecule has 12 nitrogen and oxygen atoms in total. The molecule has 6 rings (SSSR count). The Hall–Kier alpha value is -4.24.